The molecular weight excluding hydrogens is 140 g/mol. The number of aliphatic imine (C=N–C) groups is 1. The van der Waals surface area contributed by atoms with E-state index >= 15 is 0 Å². The molecule has 0 fully saturated rings. The van der Waals surface area contributed by atoms with Crippen LogP contribution >= 0.6 is 0 Å². The highest BCUT2D eigenvalue weighted by molar-refractivity contribution is 5.63. The second-order valence-electron chi connectivity index (χ2n) is 3.02. The average molecular weight is 152 g/mol. The molecule has 0 aliphatic carbocycles. The zero-order chi connectivity index (χ0) is 7.68. The van der Waals surface area contributed by atoms with Crippen molar-refractivity contribution in [3.63, 3.8) is 0 Å². The molecule has 0 aromatic carbocycles. The van der Waals surface area contributed by atoms with E-state index in [4.69, 9.17) is 4.74 Å². The minimum absolute atomic E-state index is 0.544. The molecule has 2 heterocycles. The molecule has 2 aliphatic rings. The zero-order valence-electron chi connectivity index (χ0n) is 6.63. The Morgan fingerprint density at radius 2 is 2.64 bits per heavy atom. The third-order valence-electron chi connectivity index (χ3n) is 1.91. The number of hydrogen-bond donors (Lipinski definition) is 1. The van der Waals surface area contributed by atoms with Crippen LogP contribution in [0.4, 0.5) is 0 Å². The molecule has 0 saturated heterocycles. The Morgan fingerprint density at radius 3 is 3.55 bits per heavy atom. The number of nitrogens with zero attached hydrogens (tertiary/aromatic N) is 1. The van der Waals surface area contributed by atoms with Crippen LogP contribution in [0.3, 0.4) is 0 Å². The molecule has 2 aliphatic heterocycles. The first kappa shape index (κ1) is 6.70. The first-order chi connectivity index (χ1) is 5.36. The number of hydrogen-bond acceptors (Lipinski definition) is 3. The maximum Gasteiger partial charge on any atom is 0.232 e. The third-order valence-corrected chi connectivity index (χ3v) is 1.91. The fraction of sp³-hybridized carbons (Fsp3) is 0.625. The van der Waals surface area contributed by atoms with Crippen molar-refractivity contribution in [2.45, 2.75) is 13.3 Å². The summed E-state index contributed by atoms with van der Waals surface area (Å²) < 4.78 is 5.35. The molecule has 0 radical (unpaired) electrons. The van der Waals surface area contributed by atoms with Gasteiger partial charge in [0.2, 0.25) is 5.88 Å². The predicted molar refractivity (Wildman–Crippen MR) is 43.3 cm³/mol. The van der Waals surface area contributed by atoms with Gasteiger partial charge < -0.3 is 10.1 Å². The summed E-state index contributed by atoms with van der Waals surface area (Å²) in [5, 5.41) is 3.29. The normalized spacial score (nSPS) is 29.0. The van der Waals surface area contributed by atoms with Crippen molar-refractivity contribution in [1.82, 2.24) is 5.32 Å². The number of allylic oxidation sites excluding steroid dienone is 1. The first-order valence-electron chi connectivity index (χ1n) is 4.00. The summed E-state index contributed by atoms with van der Waals surface area (Å²) in [6, 6.07) is 0. The number of nitrogens with one attached hydrogen (secondary N) is 1. The molecular formula is C8H12N2O. The molecule has 0 aromatic heterocycles. The van der Waals surface area contributed by atoms with Gasteiger partial charge in [-0.2, -0.15) is 0 Å². The maximum atomic E-state index is 5.35. The van der Waals surface area contributed by atoms with E-state index in [9.17, 15) is 0 Å². The summed E-state index contributed by atoms with van der Waals surface area (Å²) >= 11 is 0. The Bertz CT molecular complexity index is 220. The molecule has 1 N–H and O–H groups in total. The molecule has 0 spiro atoms. The van der Waals surface area contributed by atoms with Crippen molar-refractivity contribution in [3.8, 4) is 0 Å². The van der Waals surface area contributed by atoms with Gasteiger partial charge >= 0.3 is 0 Å². The van der Waals surface area contributed by atoms with Crippen molar-refractivity contribution in [2.24, 2.45) is 10.9 Å². The lowest BCUT2D eigenvalue weighted by Crippen LogP contribution is -2.29. The lowest BCUT2D eigenvalue weighted by Gasteiger charge is -2.24. The van der Waals surface area contributed by atoms with Crippen LogP contribution in [0.1, 0.15) is 13.3 Å². The van der Waals surface area contributed by atoms with Crippen LogP contribution in [0, 0.1) is 5.92 Å². The van der Waals surface area contributed by atoms with Crippen LogP contribution in [-0.4, -0.2) is 19.4 Å². The molecule has 11 heavy (non-hydrogen) atoms. The van der Waals surface area contributed by atoms with E-state index in [1.807, 2.05) is 6.21 Å². The highest BCUT2D eigenvalue weighted by atomic mass is 16.5. The molecule has 0 aromatic rings. The number of ether oxygens (including phenoxy) is 1. The molecule has 1 atom stereocenters. The average Bonchev–Trinajstić information content (AvgIpc) is 2.04. The summed E-state index contributed by atoms with van der Waals surface area (Å²) in [6.07, 6.45) is 2.99. The SMILES string of the molecule is CC1C=NC2=C(C1)NCCO2. The highest BCUT2D eigenvalue weighted by Crippen LogP contribution is 2.20. The highest BCUT2D eigenvalue weighted by Gasteiger charge is 2.18. The minimum atomic E-state index is 0.544. The molecule has 0 bridgehead atoms. The van der Waals surface area contributed by atoms with Crippen LogP contribution in [0.5, 0.6) is 0 Å². The lowest BCUT2D eigenvalue weighted by molar-refractivity contribution is 0.184. The van der Waals surface area contributed by atoms with Crippen molar-refractivity contribution >= 4 is 6.21 Å². The fourth-order valence-electron chi connectivity index (χ4n) is 1.36. The van der Waals surface area contributed by atoms with E-state index < -0.39 is 0 Å². The van der Waals surface area contributed by atoms with Crippen LogP contribution in [0.25, 0.3) is 0 Å². The van der Waals surface area contributed by atoms with E-state index in [0.717, 1.165) is 25.5 Å². The van der Waals surface area contributed by atoms with Gasteiger partial charge in [0.25, 0.3) is 0 Å². The van der Waals surface area contributed by atoms with Crippen LogP contribution in [0.15, 0.2) is 16.6 Å². The summed E-state index contributed by atoms with van der Waals surface area (Å²) in [5.41, 5.74) is 1.17. The monoisotopic (exact) mass is 152 g/mol. The number of rotatable bonds is 0. The Hall–Kier alpha value is -0.990. The van der Waals surface area contributed by atoms with Crippen LogP contribution < -0.4 is 5.32 Å². The van der Waals surface area contributed by atoms with Crippen molar-refractivity contribution < 1.29 is 4.74 Å². The summed E-state index contributed by atoms with van der Waals surface area (Å²) in [5.74, 6) is 1.34. The molecule has 0 saturated carbocycles. The molecule has 60 valence electrons. The topological polar surface area (TPSA) is 33.6 Å². The van der Waals surface area contributed by atoms with Gasteiger partial charge in [-0.25, -0.2) is 4.99 Å². The van der Waals surface area contributed by atoms with E-state index in [0.29, 0.717) is 5.92 Å². The van der Waals surface area contributed by atoms with Gasteiger partial charge in [0, 0.05) is 19.2 Å². The van der Waals surface area contributed by atoms with E-state index in [1.165, 1.54) is 5.70 Å². The predicted octanol–water partition coefficient (Wildman–Crippen LogP) is 0.886. The maximum absolute atomic E-state index is 5.35. The molecule has 1 unspecified atom stereocenters. The summed E-state index contributed by atoms with van der Waals surface area (Å²) in [7, 11) is 0. The van der Waals surface area contributed by atoms with E-state index in [2.05, 4.69) is 17.2 Å². The van der Waals surface area contributed by atoms with Gasteiger partial charge in [0.15, 0.2) is 0 Å². The zero-order valence-corrected chi connectivity index (χ0v) is 6.63. The van der Waals surface area contributed by atoms with Gasteiger partial charge in [-0.3, -0.25) is 0 Å². The van der Waals surface area contributed by atoms with Crippen molar-refractivity contribution in [2.75, 3.05) is 13.2 Å². The molecule has 2 rings (SSSR count). The van der Waals surface area contributed by atoms with Crippen molar-refractivity contribution in [3.05, 3.63) is 11.6 Å². The van der Waals surface area contributed by atoms with Crippen molar-refractivity contribution in [1.29, 1.82) is 0 Å². The minimum Gasteiger partial charge on any atom is -0.475 e. The Kier molecular flexibility index (Phi) is 1.56. The van der Waals surface area contributed by atoms with Gasteiger partial charge in [0.05, 0.1) is 5.70 Å². The third kappa shape index (κ3) is 1.23. The lowest BCUT2D eigenvalue weighted by atomic mass is 10.1. The summed E-state index contributed by atoms with van der Waals surface area (Å²) in [6.45, 7) is 3.81. The van der Waals surface area contributed by atoms with E-state index in [-0.39, 0.29) is 0 Å². The van der Waals surface area contributed by atoms with Gasteiger partial charge in [-0.1, -0.05) is 6.92 Å². The van der Waals surface area contributed by atoms with E-state index in [1.54, 1.807) is 0 Å². The molecule has 3 nitrogen and oxygen atoms in total. The molecule has 3 heteroatoms. The largest absolute Gasteiger partial charge is 0.475 e. The molecule has 0 amide bonds. The quantitative estimate of drug-likeness (QED) is 0.559. The second kappa shape index (κ2) is 2.57. The standard InChI is InChI=1S/C8H12N2O/c1-6-4-7-8(10-5-6)11-3-2-9-7/h5-6,9H,2-4H2,1H3. The van der Waals surface area contributed by atoms with Gasteiger partial charge in [-0.15, -0.1) is 0 Å². The second-order valence-corrected chi connectivity index (χ2v) is 3.02. The van der Waals surface area contributed by atoms with Gasteiger partial charge in [0.1, 0.15) is 6.61 Å². The fourth-order valence-corrected chi connectivity index (χ4v) is 1.36. The smallest absolute Gasteiger partial charge is 0.232 e. The Morgan fingerprint density at radius 1 is 1.73 bits per heavy atom. The Labute approximate surface area is 66.2 Å². The van der Waals surface area contributed by atoms with Gasteiger partial charge in [-0.05, 0) is 5.92 Å². The first-order valence-corrected chi connectivity index (χ1v) is 4.00. The Balaban J connectivity index is 2.20. The van der Waals surface area contributed by atoms with Crippen LogP contribution in [-0.2, 0) is 4.74 Å². The van der Waals surface area contributed by atoms with Crippen LogP contribution in [0.2, 0.25) is 0 Å². The summed E-state index contributed by atoms with van der Waals surface area (Å²) in [4.78, 5) is 4.20.